The second kappa shape index (κ2) is 5.51. The molecule has 1 N–H and O–H groups in total. The molecule has 1 aromatic heterocycles. The van der Waals surface area contributed by atoms with Gasteiger partial charge in [0.1, 0.15) is 0 Å². The molecule has 0 unspecified atom stereocenters. The van der Waals surface area contributed by atoms with Gasteiger partial charge in [0.15, 0.2) is 0 Å². The molecular weight excluding hydrogens is 276 g/mol. The Labute approximate surface area is 122 Å². The minimum atomic E-state index is -1.01. The van der Waals surface area contributed by atoms with Gasteiger partial charge in [-0.2, -0.15) is 5.10 Å². The van der Waals surface area contributed by atoms with E-state index in [1.54, 1.807) is 10.7 Å². The molecule has 1 heterocycles. The van der Waals surface area contributed by atoms with Gasteiger partial charge < -0.3 is 5.11 Å². The predicted octanol–water partition coefficient (Wildman–Crippen LogP) is 3.55. The number of carbonyl (C=O) groups is 1. The van der Waals surface area contributed by atoms with E-state index < -0.39 is 5.97 Å². The molecule has 0 radical (unpaired) electrons. The molecule has 0 saturated heterocycles. The van der Waals surface area contributed by atoms with E-state index in [4.69, 9.17) is 16.7 Å². The topological polar surface area (TPSA) is 55.1 Å². The van der Waals surface area contributed by atoms with Crippen LogP contribution >= 0.6 is 11.6 Å². The molecule has 4 nitrogen and oxygen atoms in total. The number of rotatable bonds is 3. The zero-order valence-electron chi connectivity index (χ0n) is 11.5. The minimum Gasteiger partial charge on any atom is -0.478 e. The van der Waals surface area contributed by atoms with Crippen molar-refractivity contribution in [2.75, 3.05) is 0 Å². The summed E-state index contributed by atoms with van der Waals surface area (Å²) >= 11 is 6.18. The van der Waals surface area contributed by atoms with E-state index in [-0.39, 0.29) is 0 Å². The average Bonchev–Trinajstić information content (AvgIpc) is 2.64. The van der Waals surface area contributed by atoms with Crippen LogP contribution in [0, 0.1) is 20.8 Å². The number of carboxylic acids is 1. The van der Waals surface area contributed by atoms with E-state index in [0.29, 0.717) is 10.6 Å². The number of hydrogen-bond donors (Lipinski definition) is 1. The van der Waals surface area contributed by atoms with Crippen LogP contribution < -0.4 is 0 Å². The minimum absolute atomic E-state index is 0.491. The number of aliphatic carboxylic acids is 1. The van der Waals surface area contributed by atoms with Crippen LogP contribution in [0.4, 0.5) is 0 Å². The lowest BCUT2D eigenvalue weighted by Gasteiger charge is -2.10. The Hall–Kier alpha value is -2.07. The van der Waals surface area contributed by atoms with Crippen LogP contribution in [0.3, 0.4) is 0 Å². The fourth-order valence-electron chi connectivity index (χ4n) is 1.99. The summed E-state index contributed by atoms with van der Waals surface area (Å²) in [5.41, 5.74) is 4.47. The van der Waals surface area contributed by atoms with E-state index in [1.807, 2.05) is 32.9 Å². The zero-order chi connectivity index (χ0) is 14.9. The van der Waals surface area contributed by atoms with Crippen LogP contribution in [0.2, 0.25) is 5.02 Å². The first-order valence-electron chi connectivity index (χ1n) is 6.14. The standard InChI is InChI=1S/C15H15ClN2O2/c1-9-10(2)17-18(11(9)3)14-6-4-5-13(16)12(14)7-8-15(19)20/h4-8H,1-3H3,(H,19,20)/b8-7+. The highest BCUT2D eigenvalue weighted by Gasteiger charge is 2.13. The van der Waals surface area contributed by atoms with Gasteiger partial charge in [-0.05, 0) is 44.5 Å². The number of nitrogens with zero attached hydrogens (tertiary/aromatic N) is 2. The lowest BCUT2D eigenvalue weighted by Crippen LogP contribution is -2.02. The van der Waals surface area contributed by atoms with Crippen LogP contribution in [-0.2, 0) is 4.79 Å². The van der Waals surface area contributed by atoms with E-state index in [2.05, 4.69) is 5.10 Å². The van der Waals surface area contributed by atoms with Gasteiger partial charge in [-0.25, -0.2) is 9.48 Å². The molecule has 2 rings (SSSR count). The molecule has 0 aliphatic rings. The van der Waals surface area contributed by atoms with E-state index in [0.717, 1.165) is 28.7 Å². The van der Waals surface area contributed by atoms with Gasteiger partial charge in [-0.3, -0.25) is 0 Å². The van der Waals surface area contributed by atoms with Gasteiger partial charge in [0, 0.05) is 22.4 Å². The largest absolute Gasteiger partial charge is 0.478 e. The van der Waals surface area contributed by atoms with E-state index in [9.17, 15) is 4.79 Å². The smallest absolute Gasteiger partial charge is 0.328 e. The Morgan fingerprint density at radius 3 is 2.60 bits per heavy atom. The van der Waals surface area contributed by atoms with Crippen LogP contribution in [0.1, 0.15) is 22.5 Å². The molecule has 1 aromatic carbocycles. The molecule has 104 valence electrons. The van der Waals surface area contributed by atoms with Crippen molar-refractivity contribution >= 4 is 23.6 Å². The number of hydrogen-bond acceptors (Lipinski definition) is 2. The normalized spacial score (nSPS) is 11.2. The van der Waals surface area contributed by atoms with Gasteiger partial charge in [0.25, 0.3) is 0 Å². The summed E-state index contributed by atoms with van der Waals surface area (Å²) in [5.74, 6) is -1.01. The second-order valence-electron chi connectivity index (χ2n) is 4.55. The highest BCUT2D eigenvalue weighted by molar-refractivity contribution is 6.32. The highest BCUT2D eigenvalue weighted by Crippen LogP contribution is 2.26. The maximum atomic E-state index is 10.7. The SMILES string of the molecule is Cc1nn(-c2cccc(Cl)c2/C=C/C(=O)O)c(C)c1C. The molecule has 20 heavy (non-hydrogen) atoms. The number of aromatic nitrogens is 2. The number of benzene rings is 1. The van der Waals surface area contributed by atoms with Crippen LogP contribution in [0.25, 0.3) is 11.8 Å². The molecular formula is C15H15ClN2O2. The van der Waals surface area contributed by atoms with Gasteiger partial charge in [0.2, 0.25) is 0 Å². The first-order valence-corrected chi connectivity index (χ1v) is 6.52. The van der Waals surface area contributed by atoms with Gasteiger partial charge in [-0.15, -0.1) is 0 Å². The van der Waals surface area contributed by atoms with Crippen molar-refractivity contribution in [1.82, 2.24) is 9.78 Å². The summed E-state index contributed by atoms with van der Waals surface area (Å²) < 4.78 is 1.79. The Kier molecular flexibility index (Phi) is 3.95. The molecule has 5 heteroatoms. The molecule has 0 bridgehead atoms. The zero-order valence-corrected chi connectivity index (χ0v) is 12.3. The van der Waals surface area contributed by atoms with Crippen LogP contribution in [-0.4, -0.2) is 20.9 Å². The van der Waals surface area contributed by atoms with Crippen molar-refractivity contribution in [2.45, 2.75) is 20.8 Å². The first kappa shape index (κ1) is 14.3. The summed E-state index contributed by atoms with van der Waals surface area (Å²) in [6, 6.07) is 5.42. The van der Waals surface area contributed by atoms with Gasteiger partial charge in [0.05, 0.1) is 11.4 Å². The quantitative estimate of drug-likeness (QED) is 0.880. The van der Waals surface area contributed by atoms with E-state index >= 15 is 0 Å². The Balaban J connectivity index is 2.65. The molecule has 0 fully saturated rings. The second-order valence-corrected chi connectivity index (χ2v) is 4.96. The van der Waals surface area contributed by atoms with Crippen molar-refractivity contribution in [1.29, 1.82) is 0 Å². The number of aryl methyl sites for hydroxylation is 1. The summed E-state index contributed by atoms with van der Waals surface area (Å²) in [7, 11) is 0. The molecule has 0 saturated carbocycles. The summed E-state index contributed by atoms with van der Waals surface area (Å²) in [5, 5.41) is 13.8. The van der Waals surface area contributed by atoms with Crippen molar-refractivity contribution in [2.24, 2.45) is 0 Å². The van der Waals surface area contributed by atoms with Crippen molar-refractivity contribution in [3.8, 4) is 5.69 Å². The van der Waals surface area contributed by atoms with Crippen molar-refractivity contribution in [3.05, 3.63) is 51.8 Å². The van der Waals surface area contributed by atoms with Crippen molar-refractivity contribution in [3.63, 3.8) is 0 Å². The molecule has 2 aromatic rings. The first-order chi connectivity index (χ1) is 9.41. The summed E-state index contributed by atoms with van der Waals surface area (Å²) in [6.07, 6.45) is 2.56. The number of carboxylic acid groups (broad SMARTS) is 1. The summed E-state index contributed by atoms with van der Waals surface area (Å²) in [4.78, 5) is 10.7. The van der Waals surface area contributed by atoms with Crippen LogP contribution in [0.5, 0.6) is 0 Å². The van der Waals surface area contributed by atoms with Crippen molar-refractivity contribution < 1.29 is 9.90 Å². The molecule has 0 amide bonds. The third kappa shape index (κ3) is 2.60. The molecule has 0 aliphatic heterocycles. The highest BCUT2D eigenvalue weighted by atomic mass is 35.5. The van der Waals surface area contributed by atoms with Gasteiger partial charge >= 0.3 is 5.97 Å². The fourth-order valence-corrected chi connectivity index (χ4v) is 2.22. The van der Waals surface area contributed by atoms with E-state index in [1.165, 1.54) is 6.08 Å². The maximum absolute atomic E-state index is 10.7. The predicted molar refractivity (Wildman–Crippen MR) is 79.5 cm³/mol. The lowest BCUT2D eigenvalue weighted by atomic mass is 10.1. The lowest BCUT2D eigenvalue weighted by molar-refractivity contribution is -0.131. The number of halogens is 1. The average molecular weight is 291 g/mol. The Morgan fingerprint density at radius 2 is 2.05 bits per heavy atom. The van der Waals surface area contributed by atoms with Gasteiger partial charge in [-0.1, -0.05) is 17.7 Å². The van der Waals surface area contributed by atoms with Crippen LogP contribution in [0.15, 0.2) is 24.3 Å². The Bertz CT molecular complexity index is 702. The molecule has 0 spiro atoms. The summed E-state index contributed by atoms with van der Waals surface area (Å²) in [6.45, 7) is 5.92. The third-order valence-corrected chi connectivity index (χ3v) is 3.63. The third-order valence-electron chi connectivity index (χ3n) is 3.30. The maximum Gasteiger partial charge on any atom is 0.328 e. The Morgan fingerprint density at radius 1 is 1.35 bits per heavy atom. The molecule has 0 aliphatic carbocycles. The fraction of sp³-hybridized carbons (Fsp3) is 0.200. The monoisotopic (exact) mass is 290 g/mol. The molecule has 0 atom stereocenters.